The number of carbonyl (C=O) groups excluding carboxylic acids is 2. The molecule has 0 aromatic heterocycles. The second-order valence-electron chi connectivity index (χ2n) is 3.51. The van der Waals surface area contributed by atoms with Crippen molar-refractivity contribution in [2.24, 2.45) is 0 Å². The van der Waals surface area contributed by atoms with Gasteiger partial charge in [-0.15, -0.1) is 0 Å². The summed E-state index contributed by atoms with van der Waals surface area (Å²) in [5.41, 5.74) is 0. The highest BCUT2D eigenvalue weighted by atomic mass is 32.2. The van der Waals surface area contributed by atoms with Crippen LogP contribution in [0.15, 0.2) is 0 Å². The number of likely N-dealkylation sites (tertiary alicyclic amines) is 1. The Bertz CT molecular complexity index is 223. The highest BCUT2D eigenvalue weighted by Crippen LogP contribution is 2.09. The molecule has 1 aliphatic heterocycles. The SMILES string of the molecule is O=C1CCN(C(=O)CCSCCO)CC1. The van der Waals surface area contributed by atoms with Crippen LogP contribution >= 0.6 is 11.8 Å². The number of piperidine rings is 1. The molecular formula is C10H17NO3S. The Hall–Kier alpha value is -0.550. The van der Waals surface area contributed by atoms with Gasteiger partial charge >= 0.3 is 0 Å². The number of aliphatic hydroxyl groups excluding tert-OH is 1. The van der Waals surface area contributed by atoms with E-state index >= 15 is 0 Å². The van der Waals surface area contributed by atoms with E-state index in [4.69, 9.17) is 5.11 Å². The summed E-state index contributed by atoms with van der Waals surface area (Å²) in [6.45, 7) is 1.34. The minimum atomic E-state index is 0.132. The maximum Gasteiger partial charge on any atom is 0.223 e. The molecule has 0 atom stereocenters. The number of ketones is 1. The van der Waals surface area contributed by atoms with E-state index in [0.717, 1.165) is 5.75 Å². The highest BCUT2D eigenvalue weighted by Gasteiger charge is 2.19. The minimum Gasteiger partial charge on any atom is -0.396 e. The summed E-state index contributed by atoms with van der Waals surface area (Å²) in [6, 6.07) is 0. The van der Waals surface area contributed by atoms with Crippen LogP contribution in [0.1, 0.15) is 19.3 Å². The van der Waals surface area contributed by atoms with Crippen LogP contribution in [-0.2, 0) is 9.59 Å². The lowest BCUT2D eigenvalue weighted by atomic mass is 10.1. The van der Waals surface area contributed by atoms with E-state index in [9.17, 15) is 9.59 Å². The van der Waals surface area contributed by atoms with Crippen LogP contribution in [0.4, 0.5) is 0 Å². The third-order valence-corrected chi connectivity index (χ3v) is 3.33. The number of amides is 1. The van der Waals surface area contributed by atoms with Crippen molar-refractivity contribution in [1.29, 1.82) is 0 Å². The average Bonchev–Trinajstić information content (AvgIpc) is 2.25. The van der Waals surface area contributed by atoms with E-state index in [0.29, 0.717) is 38.1 Å². The summed E-state index contributed by atoms with van der Waals surface area (Å²) in [5, 5.41) is 8.56. The van der Waals surface area contributed by atoms with E-state index in [-0.39, 0.29) is 18.3 Å². The van der Waals surface area contributed by atoms with Gasteiger partial charge in [0.25, 0.3) is 0 Å². The van der Waals surface area contributed by atoms with Gasteiger partial charge in [-0.25, -0.2) is 0 Å². The van der Waals surface area contributed by atoms with Gasteiger partial charge in [-0.2, -0.15) is 11.8 Å². The molecule has 1 aliphatic rings. The maximum absolute atomic E-state index is 11.6. The molecule has 0 aromatic rings. The van der Waals surface area contributed by atoms with Crippen LogP contribution < -0.4 is 0 Å². The first-order valence-electron chi connectivity index (χ1n) is 5.22. The summed E-state index contributed by atoms with van der Waals surface area (Å²) in [5.74, 6) is 1.83. The third-order valence-electron chi connectivity index (χ3n) is 2.37. The fourth-order valence-electron chi connectivity index (χ4n) is 1.49. The van der Waals surface area contributed by atoms with Crippen molar-refractivity contribution < 1.29 is 14.7 Å². The number of hydrogen-bond acceptors (Lipinski definition) is 4. The van der Waals surface area contributed by atoms with Crippen molar-refractivity contribution in [2.75, 3.05) is 31.2 Å². The van der Waals surface area contributed by atoms with Gasteiger partial charge in [0, 0.05) is 43.9 Å². The zero-order valence-corrected chi connectivity index (χ0v) is 9.59. The van der Waals surface area contributed by atoms with Crippen LogP contribution in [0.5, 0.6) is 0 Å². The molecule has 0 saturated carbocycles. The quantitative estimate of drug-likeness (QED) is 0.691. The van der Waals surface area contributed by atoms with Crippen molar-refractivity contribution in [3.63, 3.8) is 0 Å². The molecule has 0 bridgehead atoms. The van der Waals surface area contributed by atoms with Crippen molar-refractivity contribution in [1.82, 2.24) is 4.90 Å². The lowest BCUT2D eigenvalue weighted by molar-refractivity contribution is -0.134. The smallest absolute Gasteiger partial charge is 0.223 e. The number of hydrogen-bond donors (Lipinski definition) is 1. The lowest BCUT2D eigenvalue weighted by Crippen LogP contribution is -2.38. The van der Waals surface area contributed by atoms with Crippen molar-refractivity contribution in [3.05, 3.63) is 0 Å². The number of thioether (sulfide) groups is 1. The Morgan fingerprint density at radius 1 is 1.33 bits per heavy atom. The van der Waals surface area contributed by atoms with E-state index in [1.165, 1.54) is 0 Å². The molecule has 0 spiro atoms. The molecule has 1 saturated heterocycles. The van der Waals surface area contributed by atoms with Gasteiger partial charge in [-0.3, -0.25) is 9.59 Å². The summed E-state index contributed by atoms with van der Waals surface area (Å²) < 4.78 is 0. The van der Waals surface area contributed by atoms with Gasteiger partial charge in [0.05, 0.1) is 6.61 Å². The van der Waals surface area contributed by atoms with Crippen LogP contribution in [0.3, 0.4) is 0 Å². The van der Waals surface area contributed by atoms with E-state index in [1.54, 1.807) is 16.7 Å². The molecule has 1 amide bonds. The van der Waals surface area contributed by atoms with Gasteiger partial charge < -0.3 is 10.0 Å². The predicted octanol–water partition coefficient (Wildman–Crippen LogP) is 0.293. The molecule has 0 aliphatic carbocycles. The number of aliphatic hydroxyl groups is 1. The van der Waals surface area contributed by atoms with Crippen molar-refractivity contribution in [3.8, 4) is 0 Å². The third kappa shape index (κ3) is 4.66. The largest absolute Gasteiger partial charge is 0.396 e. The monoisotopic (exact) mass is 231 g/mol. The second-order valence-corrected chi connectivity index (χ2v) is 4.73. The van der Waals surface area contributed by atoms with Gasteiger partial charge in [0.1, 0.15) is 5.78 Å². The topological polar surface area (TPSA) is 57.6 Å². The van der Waals surface area contributed by atoms with Crippen LogP contribution in [0, 0.1) is 0 Å². The van der Waals surface area contributed by atoms with E-state index < -0.39 is 0 Å². The maximum atomic E-state index is 11.6. The van der Waals surface area contributed by atoms with E-state index in [2.05, 4.69) is 0 Å². The Morgan fingerprint density at radius 3 is 2.60 bits per heavy atom. The molecule has 0 aromatic carbocycles. The molecule has 0 radical (unpaired) electrons. The van der Waals surface area contributed by atoms with Gasteiger partial charge in [-0.1, -0.05) is 0 Å². The second kappa shape index (κ2) is 6.85. The van der Waals surface area contributed by atoms with Crippen molar-refractivity contribution >= 4 is 23.5 Å². The van der Waals surface area contributed by atoms with Crippen LogP contribution in [0.2, 0.25) is 0 Å². The van der Waals surface area contributed by atoms with Crippen molar-refractivity contribution in [2.45, 2.75) is 19.3 Å². The first-order valence-corrected chi connectivity index (χ1v) is 6.37. The fourth-order valence-corrected chi connectivity index (χ4v) is 2.14. The predicted molar refractivity (Wildman–Crippen MR) is 59.8 cm³/mol. The van der Waals surface area contributed by atoms with Gasteiger partial charge in [0.2, 0.25) is 5.91 Å². The molecular weight excluding hydrogens is 214 g/mol. The Labute approximate surface area is 94.0 Å². The first-order chi connectivity index (χ1) is 7.24. The molecule has 1 fully saturated rings. The van der Waals surface area contributed by atoms with Gasteiger partial charge in [0.15, 0.2) is 0 Å². The molecule has 0 unspecified atom stereocenters. The Balaban J connectivity index is 2.14. The Kier molecular flexibility index (Phi) is 5.71. The standard InChI is InChI=1S/C10H17NO3S/c12-6-8-15-7-3-10(14)11-4-1-9(13)2-5-11/h12H,1-8H2. The summed E-state index contributed by atoms with van der Waals surface area (Å²) >= 11 is 1.58. The molecule has 1 heterocycles. The van der Waals surface area contributed by atoms with Crippen LogP contribution in [-0.4, -0.2) is 52.9 Å². The number of rotatable bonds is 5. The summed E-state index contributed by atoms with van der Waals surface area (Å²) in [7, 11) is 0. The highest BCUT2D eigenvalue weighted by molar-refractivity contribution is 7.99. The molecule has 5 heteroatoms. The summed E-state index contributed by atoms with van der Waals surface area (Å²) in [4.78, 5) is 24.3. The molecule has 86 valence electrons. The average molecular weight is 231 g/mol. The summed E-state index contributed by atoms with van der Waals surface area (Å²) in [6.07, 6.45) is 1.53. The van der Waals surface area contributed by atoms with Gasteiger partial charge in [-0.05, 0) is 0 Å². The lowest BCUT2D eigenvalue weighted by Gasteiger charge is -2.25. The zero-order valence-electron chi connectivity index (χ0n) is 8.78. The number of Topliss-reactive ketones (excluding diaryl/α,β-unsaturated/α-hetero) is 1. The fraction of sp³-hybridized carbons (Fsp3) is 0.800. The van der Waals surface area contributed by atoms with E-state index in [1.807, 2.05) is 0 Å². The number of nitrogens with zero attached hydrogens (tertiary/aromatic N) is 1. The molecule has 1 N–H and O–H groups in total. The Morgan fingerprint density at radius 2 is 2.00 bits per heavy atom. The van der Waals surface area contributed by atoms with Crippen LogP contribution in [0.25, 0.3) is 0 Å². The molecule has 4 nitrogen and oxygen atoms in total. The minimum absolute atomic E-state index is 0.132. The normalized spacial score (nSPS) is 16.9. The zero-order chi connectivity index (χ0) is 11.1. The molecule has 1 rings (SSSR count). The first kappa shape index (κ1) is 12.5. The molecule has 15 heavy (non-hydrogen) atoms. The number of carbonyl (C=O) groups is 2.